The summed E-state index contributed by atoms with van der Waals surface area (Å²) >= 11 is 0. The van der Waals surface area contributed by atoms with Crippen molar-refractivity contribution in [2.24, 2.45) is 0 Å². The van der Waals surface area contributed by atoms with Gasteiger partial charge in [-0.15, -0.1) is 0 Å². The fraction of sp³-hybridized carbons (Fsp3) is 0.391. The van der Waals surface area contributed by atoms with Crippen molar-refractivity contribution in [1.82, 2.24) is 4.90 Å². The highest BCUT2D eigenvalue weighted by Gasteiger charge is 2.25. The number of aryl methyl sites for hydroxylation is 2. The number of carboxylic acid groups (broad SMARTS) is 1. The molecule has 1 unspecified atom stereocenters. The molecule has 0 spiro atoms. The highest BCUT2D eigenvalue weighted by atomic mass is 16.6. The second kappa shape index (κ2) is 8.55. The van der Waals surface area contributed by atoms with Gasteiger partial charge in [-0.1, -0.05) is 36.4 Å². The van der Waals surface area contributed by atoms with Crippen molar-refractivity contribution in [1.29, 1.82) is 0 Å². The Bertz CT molecular complexity index is 910. The van der Waals surface area contributed by atoms with E-state index in [2.05, 4.69) is 18.2 Å². The Kier molecular flexibility index (Phi) is 5.69. The van der Waals surface area contributed by atoms with Crippen LogP contribution in [0.15, 0.2) is 42.5 Å². The van der Waals surface area contributed by atoms with Gasteiger partial charge in [-0.05, 0) is 60.4 Å². The Morgan fingerprint density at radius 3 is 2.76 bits per heavy atom. The molecule has 1 atom stereocenters. The molecule has 0 bridgehead atoms. The van der Waals surface area contributed by atoms with E-state index in [1.807, 2.05) is 24.3 Å². The van der Waals surface area contributed by atoms with Gasteiger partial charge in [0.25, 0.3) is 0 Å². The smallest absolute Gasteiger partial charge is 0.410 e. The van der Waals surface area contributed by atoms with Gasteiger partial charge in [-0.25, -0.2) is 9.59 Å². The van der Waals surface area contributed by atoms with Crippen LogP contribution in [0.2, 0.25) is 0 Å². The topological polar surface area (TPSA) is 76.1 Å². The molecule has 152 valence electrons. The van der Waals surface area contributed by atoms with Crippen molar-refractivity contribution < 1.29 is 24.2 Å². The Labute approximate surface area is 170 Å². The number of hydrogen-bond acceptors (Lipinski definition) is 4. The maximum Gasteiger partial charge on any atom is 0.410 e. The quantitative estimate of drug-likeness (QED) is 0.783. The first-order chi connectivity index (χ1) is 14.1. The zero-order valence-corrected chi connectivity index (χ0v) is 16.3. The molecule has 0 radical (unpaired) electrons. The molecule has 2 aliphatic rings. The van der Waals surface area contributed by atoms with E-state index in [9.17, 15) is 9.59 Å². The van der Waals surface area contributed by atoms with Crippen molar-refractivity contribution in [3.05, 3.63) is 64.7 Å². The number of carboxylic acids is 1. The molecule has 1 amide bonds. The monoisotopic (exact) mass is 395 g/mol. The lowest BCUT2D eigenvalue weighted by molar-refractivity contribution is -0.145. The van der Waals surface area contributed by atoms with Crippen LogP contribution in [-0.4, -0.2) is 41.3 Å². The number of nitrogens with zero attached hydrogens (tertiary/aromatic N) is 1. The molecule has 2 aromatic carbocycles. The summed E-state index contributed by atoms with van der Waals surface area (Å²) in [6.07, 6.45) is 2.59. The van der Waals surface area contributed by atoms with E-state index >= 15 is 0 Å². The van der Waals surface area contributed by atoms with Crippen LogP contribution in [0.25, 0.3) is 0 Å². The Balaban J connectivity index is 1.23. The minimum absolute atomic E-state index is 0.252. The summed E-state index contributed by atoms with van der Waals surface area (Å²) in [5.41, 5.74) is 4.69. The van der Waals surface area contributed by atoms with Crippen LogP contribution in [-0.2, 0) is 35.3 Å². The second-order valence-electron chi connectivity index (χ2n) is 7.58. The summed E-state index contributed by atoms with van der Waals surface area (Å²) < 4.78 is 11.0. The highest BCUT2D eigenvalue weighted by Crippen LogP contribution is 2.29. The molecule has 1 N–H and O–H groups in total. The average molecular weight is 395 g/mol. The molecular weight excluding hydrogens is 370 g/mol. The largest absolute Gasteiger partial charge is 0.479 e. The fourth-order valence-corrected chi connectivity index (χ4v) is 3.95. The molecule has 2 heterocycles. The number of fused-ring (bicyclic) bond motifs is 2. The summed E-state index contributed by atoms with van der Waals surface area (Å²) in [6.45, 7) is 1.68. The van der Waals surface area contributed by atoms with Gasteiger partial charge in [0.1, 0.15) is 5.75 Å². The molecular formula is C23H25NO5. The van der Waals surface area contributed by atoms with E-state index in [1.165, 1.54) is 11.1 Å². The molecule has 2 aliphatic heterocycles. The van der Waals surface area contributed by atoms with E-state index in [0.717, 1.165) is 30.4 Å². The lowest BCUT2D eigenvalue weighted by Crippen LogP contribution is -2.36. The molecule has 0 saturated carbocycles. The van der Waals surface area contributed by atoms with Crippen molar-refractivity contribution in [2.45, 2.75) is 44.8 Å². The third-order valence-corrected chi connectivity index (χ3v) is 5.57. The summed E-state index contributed by atoms with van der Waals surface area (Å²) in [5, 5.41) is 9.08. The molecule has 0 saturated heterocycles. The van der Waals surface area contributed by atoms with Crippen LogP contribution >= 0.6 is 0 Å². The SMILES string of the molecule is O=C(O)C1CCc2cc(CCCOC(=O)N3CCc4ccccc4C3)ccc2O1. The lowest BCUT2D eigenvalue weighted by Gasteiger charge is -2.28. The zero-order valence-electron chi connectivity index (χ0n) is 16.3. The fourth-order valence-electron chi connectivity index (χ4n) is 3.95. The van der Waals surface area contributed by atoms with E-state index in [0.29, 0.717) is 38.3 Å². The number of rotatable bonds is 5. The summed E-state index contributed by atoms with van der Waals surface area (Å²) in [7, 11) is 0. The van der Waals surface area contributed by atoms with Crippen LogP contribution in [0.4, 0.5) is 4.79 Å². The van der Waals surface area contributed by atoms with Crippen molar-refractivity contribution in [3.63, 3.8) is 0 Å². The maximum absolute atomic E-state index is 12.3. The first kappa shape index (κ1) is 19.3. The van der Waals surface area contributed by atoms with Crippen molar-refractivity contribution in [3.8, 4) is 5.75 Å². The van der Waals surface area contributed by atoms with Gasteiger partial charge in [0.15, 0.2) is 6.10 Å². The molecule has 2 aromatic rings. The van der Waals surface area contributed by atoms with E-state index < -0.39 is 12.1 Å². The van der Waals surface area contributed by atoms with E-state index in [-0.39, 0.29) is 6.09 Å². The summed E-state index contributed by atoms with van der Waals surface area (Å²) in [4.78, 5) is 25.2. The molecule has 4 rings (SSSR count). The number of ether oxygens (including phenoxy) is 2. The van der Waals surface area contributed by atoms with Gasteiger partial charge in [0.2, 0.25) is 0 Å². The second-order valence-corrected chi connectivity index (χ2v) is 7.58. The highest BCUT2D eigenvalue weighted by molar-refractivity contribution is 5.73. The normalized spacial score (nSPS) is 17.7. The Morgan fingerprint density at radius 1 is 1.10 bits per heavy atom. The number of carbonyl (C=O) groups is 2. The molecule has 0 aliphatic carbocycles. The minimum Gasteiger partial charge on any atom is -0.479 e. The number of amides is 1. The van der Waals surface area contributed by atoms with Crippen LogP contribution in [0.1, 0.15) is 35.1 Å². The standard InChI is InChI=1S/C23H25NO5/c25-22(26)21-10-8-18-14-16(7-9-20(18)29-21)4-3-13-28-23(27)24-12-11-17-5-1-2-6-19(17)15-24/h1-2,5-7,9,14,21H,3-4,8,10-13,15H2,(H,25,26). The number of hydrogen-bond donors (Lipinski definition) is 1. The predicted octanol–water partition coefficient (Wildman–Crippen LogP) is 3.59. The summed E-state index contributed by atoms with van der Waals surface area (Å²) in [5.74, 6) is -0.261. The first-order valence-corrected chi connectivity index (χ1v) is 10.1. The van der Waals surface area contributed by atoms with Gasteiger partial charge in [-0.2, -0.15) is 0 Å². The van der Waals surface area contributed by atoms with Gasteiger partial charge < -0.3 is 19.5 Å². The number of benzene rings is 2. The van der Waals surface area contributed by atoms with Gasteiger partial charge >= 0.3 is 12.1 Å². The predicted molar refractivity (Wildman–Crippen MR) is 107 cm³/mol. The van der Waals surface area contributed by atoms with Crippen molar-refractivity contribution in [2.75, 3.05) is 13.2 Å². The lowest BCUT2D eigenvalue weighted by atomic mass is 9.98. The molecule has 0 aromatic heterocycles. The Hall–Kier alpha value is -3.02. The average Bonchev–Trinajstić information content (AvgIpc) is 2.75. The van der Waals surface area contributed by atoms with Gasteiger partial charge in [0, 0.05) is 13.1 Å². The molecule has 29 heavy (non-hydrogen) atoms. The number of carbonyl (C=O) groups excluding carboxylic acids is 1. The molecule has 6 heteroatoms. The van der Waals surface area contributed by atoms with Gasteiger partial charge in [0.05, 0.1) is 6.61 Å². The zero-order chi connectivity index (χ0) is 20.2. The first-order valence-electron chi connectivity index (χ1n) is 10.1. The van der Waals surface area contributed by atoms with Crippen molar-refractivity contribution >= 4 is 12.1 Å². The number of aliphatic carboxylic acids is 1. The third-order valence-electron chi connectivity index (χ3n) is 5.57. The van der Waals surface area contributed by atoms with E-state index in [4.69, 9.17) is 14.6 Å². The van der Waals surface area contributed by atoms with Crippen LogP contribution in [0.3, 0.4) is 0 Å². The molecule has 0 fully saturated rings. The minimum atomic E-state index is -0.918. The van der Waals surface area contributed by atoms with Gasteiger partial charge in [-0.3, -0.25) is 0 Å². The van der Waals surface area contributed by atoms with Crippen LogP contribution in [0.5, 0.6) is 5.75 Å². The maximum atomic E-state index is 12.3. The van der Waals surface area contributed by atoms with Crippen LogP contribution < -0.4 is 4.74 Å². The molecule has 6 nitrogen and oxygen atoms in total. The van der Waals surface area contributed by atoms with Crippen LogP contribution in [0, 0.1) is 0 Å². The van der Waals surface area contributed by atoms with E-state index in [1.54, 1.807) is 4.90 Å². The third kappa shape index (κ3) is 4.53. The summed E-state index contributed by atoms with van der Waals surface area (Å²) in [6, 6.07) is 14.1. The Morgan fingerprint density at radius 2 is 1.93 bits per heavy atom.